The number of aromatic amines is 1. The fourth-order valence-electron chi connectivity index (χ4n) is 3.86. The second kappa shape index (κ2) is 7.51. The van der Waals surface area contributed by atoms with Crippen LogP contribution < -0.4 is 4.90 Å². The van der Waals surface area contributed by atoms with Crippen molar-refractivity contribution in [2.75, 3.05) is 24.7 Å². The molecule has 154 valence electrons. The molecule has 9 nitrogen and oxygen atoms in total. The van der Waals surface area contributed by atoms with E-state index in [1.807, 2.05) is 18.3 Å². The van der Waals surface area contributed by atoms with E-state index in [1.54, 1.807) is 25.5 Å². The van der Waals surface area contributed by atoms with Crippen molar-refractivity contribution in [2.24, 2.45) is 0 Å². The summed E-state index contributed by atoms with van der Waals surface area (Å²) < 4.78 is 7.15. The zero-order valence-corrected chi connectivity index (χ0v) is 16.9. The summed E-state index contributed by atoms with van der Waals surface area (Å²) in [5, 5.41) is 22.2. The summed E-state index contributed by atoms with van der Waals surface area (Å²) in [6, 6.07) is 6.15. The molecular formula is C21H23N7O2. The third-order valence-electron chi connectivity index (χ3n) is 5.43. The van der Waals surface area contributed by atoms with Crippen molar-refractivity contribution >= 4 is 16.7 Å². The number of aromatic nitrogens is 6. The Hall–Kier alpha value is -3.30. The van der Waals surface area contributed by atoms with Crippen molar-refractivity contribution in [1.29, 1.82) is 0 Å². The van der Waals surface area contributed by atoms with Crippen LogP contribution >= 0.6 is 0 Å². The molecule has 9 heteroatoms. The Morgan fingerprint density at radius 3 is 2.93 bits per heavy atom. The van der Waals surface area contributed by atoms with Gasteiger partial charge in [0.2, 0.25) is 0 Å². The van der Waals surface area contributed by atoms with Crippen molar-refractivity contribution in [3.63, 3.8) is 0 Å². The number of pyridine rings is 2. The highest BCUT2D eigenvalue weighted by molar-refractivity contribution is 6.01. The number of nitrogens with zero attached hydrogens (tertiary/aromatic N) is 6. The SMILES string of the molecule is CC(O)n1cc(-c2cc(N3CCOC[C@H]3C)nc3c(-c4ccn[nH]4)nccc23)cn1. The average molecular weight is 405 g/mol. The average Bonchev–Trinajstić information content (AvgIpc) is 3.45. The third kappa shape index (κ3) is 3.21. The molecule has 30 heavy (non-hydrogen) atoms. The number of aliphatic hydroxyl groups excluding tert-OH is 1. The molecule has 4 aromatic heterocycles. The third-order valence-corrected chi connectivity index (χ3v) is 5.43. The number of aliphatic hydroxyl groups is 1. The molecule has 0 saturated carbocycles. The molecule has 1 unspecified atom stereocenters. The fraction of sp³-hybridized carbons (Fsp3) is 0.333. The molecule has 0 bridgehead atoms. The molecule has 0 aromatic carbocycles. The van der Waals surface area contributed by atoms with Crippen LogP contribution in [0.25, 0.3) is 33.4 Å². The predicted octanol–water partition coefficient (Wildman–Crippen LogP) is 2.62. The predicted molar refractivity (Wildman–Crippen MR) is 113 cm³/mol. The number of nitrogens with one attached hydrogen (secondary N) is 1. The van der Waals surface area contributed by atoms with Crippen LogP contribution in [0.5, 0.6) is 0 Å². The quantitative estimate of drug-likeness (QED) is 0.538. The first-order valence-electron chi connectivity index (χ1n) is 9.98. The first-order valence-corrected chi connectivity index (χ1v) is 9.98. The molecule has 1 saturated heterocycles. The molecule has 2 atom stereocenters. The van der Waals surface area contributed by atoms with Crippen LogP contribution in [-0.4, -0.2) is 60.9 Å². The van der Waals surface area contributed by atoms with Crippen LogP contribution in [0, 0.1) is 0 Å². The summed E-state index contributed by atoms with van der Waals surface area (Å²) in [4.78, 5) is 11.9. The lowest BCUT2D eigenvalue weighted by atomic mass is 10.0. The van der Waals surface area contributed by atoms with Crippen LogP contribution in [-0.2, 0) is 4.74 Å². The van der Waals surface area contributed by atoms with E-state index in [9.17, 15) is 5.11 Å². The number of H-pyrrole nitrogens is 1. The van der Waals surface area contributed by atoms with Gasteiger partial charge in [0.1, 0.15) is 23.3 Å². The Balaban J connectivity index is 1.75. The molecule has 1 aliphatic heterocycles. The molecule has 1 aliphatic rings. The number of morpholine rings is 1. The summed E-state index contributed by atoms with van der Waals surface area (Å²) in [5.41, 5.74) is 4.25. The standard InChI is InChI=1S/C21H23N7O2/c1-13-12-30-8-7-27(13)19-9-17(15-10-24-28(11-15)14(2)29)16-3-5-22-21(20(16)25-19)18-4-6-23-26-18/h3-6,9-11,13-14,29H,7-8,12H2,1-2H3,(H,23,26)/t13-,14?/m1/s1. The van der Waals surface area contributed by atoms with Gasteiger partial charge in [-0.3, -0.25) is 10.1 Å². The van der Waals surface area contributed by atoms with Crippen molar-refractivity contribution in [2.45, 2.75) is 26.1 Å². The first-order chi connectivity index (χ1) is 14.6. The number of anilines is 1. The fourth-order valence-corrected chi connectivity index (χ4v) is 3.86. The second-order valence-electron chi connectivity index (χ2n) is 7.51. The molecular weight excluding hydrogens is 382 g/mol. The maximum absolute atomic E-state index is 9.90. The molecule has 0 radical (unpaired) electrons. The molecule has 4 aromatic rings. The molecule has 1 fully saturated rings. The van der Waals surface area contributed by atoms with Crippen LogP contribution in [0.3, 0.4) is 0 Å². The number of hydrogen-bond donors (Lipinski definition) is 2. The summed E-state index contributed by atoms with van der Waals surface area (Å²) in [5.74, 6) is 0.867. The minimum Gasteiger partial charge on any atom is -0.377 e. The Bertz CT molecular complexity index is 1170. The Morgan fingerprint density at radius 1 is 1.30 bits per heavy atom. The van der Waals surface area contributed by atoms with Gasteiger partial charge in [-0.15, -0.1) is 0 Å². The number of hydrogen-bond acceptors (Lipinski definition) is 7. The minimum atomic E-state index is -0.701. The van der Waals surface area contributed by atoms with E-state index >= 15 is 0 Å². The number of ether oxygens (including phenoxy) is 1. The van der Waals surface area contributed by atoms with Gasteiger partial charge < -0.3 is 14.7 Å². The first kappa shape index (κ1) is 18.7. The van der Waals surface area contributed by atoms with Gasteiger partial charge in [0.25, 0.3) is 0 Å². The van der Waals surface area contributed by atoms with Crippen molar-refractivity contribution in [3.8, 4) is 22.5 Å². The molecule has 5 rings (SSSR count). The zero-order valence-electron chi connectivity index (χ0n) is 16.9. The van der Waals surface area contributed by atoms with E-state index < -0.39 is 6.23 Å². The highest BCUT2D eigenvalue weighted by Crippen LogP contribution is 2.35. The van der Waals surface area contributed by atoms with Gasteiger partial charge in [0, 0.05) is 36.1 Å². The minimum absolute atomic E-state index is 0.212. The smallest absolute Gasteiger partial charge is 0.144 e. The van der Waals surface area contributed by atoms with E-state index in [0.717, 1.165) is 45.8 Å². The maximum atomic E-state index is 9.90. The normalized spacial score (nSPS) is 18.1. The topological polar surface area (TPSA) is 105 Å². The largest absolute Gasteiger partial charge is 0.377 e. The van der Waals surface area contributed by atoms with Gasteiger partial charge in [-0.1, -0.05) is 0 Å². The van der Waals surface area contributed by atoms with E-state index in [1.165, 1.54) is 4.68 Å². The van der Waals surface area contributed by atoms with Crippen LogP contribution in [0.4, 0.5) is 5.82 Å². The Labute approximate surface area is 173 Å². The Morgan fingerprint density at radius 2 is 2.20 bits per heavy atom. The van der Waals surface area contributed by atoms with Gasteiger partial charge in [0.15, 0.2) is 0 Å². The molecule has 0 aliphatic carbocycles. The van der Waals surface area contributed by atoms with E-state index in [0.29, 0.717) is 13.2 Å². The zero-order chi connectivity index (χ0) is 20.7. The van der Waals surface area contributed by atoms with E-state index in [-0.39, 0.29) is 6.04 Å². The molecule has 5 heterocycles. The highest BCUT2D eigenvalue weighted by Gasteiger charge is 2.23. The van der Waals surface area contributed by atoms with Crippen LogP contribution in [0.15, 0.2) is 43.0 Å². The Kier molecular flexibility index (Phi) is 4.68. The van der Waals surface area contributed by atoms with Gasteiger partial charge in [-0.2, -0.15) is 10.2 Å². The summed E-state index contributed by atoms with van der Waals surface area (Å²) in [7, 11) is 0. The van der Waals surface area contributed by atoms with Crippen LogP contribution in [0.2, 0.25) is 0 Å². The highest BCUT2D eigenvalue weighted by atomic mass is 16.5. The lowest BCUT2D eigenvalue weighted by Crippen LogP contribution is -2.44. The number of rotatable bonds is 4. The maximum Gasteiger partial charge on any atom is 0.144 e. The van der Waals surface area contributed by atoms with E-state index in [2.05, 4.69) is 38.2 Å². The summed E-state index contributed by atoms with van der Waals surface area (Å²) in [6.45, 7) is 5.92. The second-order valence-corrected chi connectivity index (χ2v) is 7.51. The molecule has 0 amide bonds. The van der Waals surface area contributed by atoms with Crippen molar-refractivity contribution in [1.82, 2.24) is 29.9 Å². The monoisotopic (exact) mass is 405 g/mol. The van der Waals surface area contributed by atoms with Gasteiger partial charge >= 0.3 is 0 Å². The lowest BCUT2D eigenvalue weighted by molar-refractivity contribution is 0.0986. The summed E-state index contributed by atoms with van der Waals surface area (Å²) >= 11 is 0. The van der Waals surface area contributed by atoms with Gasteiger partial charge in [0.05, 0.1) is 31.1 Å². The van der Waals surface area contributed by atoms with Crippen molar-refractivity contribution < 1.29 is 9.84 Å². The van der Waals surface area contributed by atoms with Gasteiger partial charge in [-0.25, -0.2) is 9.67 Å². The van der Waals surface area contributed by atoms with Crippen molar-refractivity contribution in [3.05, 3.63) is 43.0 Å². The lowest BCUT2D eigenvalue weighted by Gasteiger charge is -2.34. The van der Waals surface area contributed by atoms with E-state index in [4.69, 9.17) is 9.72 Å². The molecule has 0 spiro atoms. The number of fused-ring (bicyclic) bond motifs is 1. The molecule has 2 N–H and O–H groups in total. The van der Waals surface area contributed by atoms with Crippen LogP contribution in [0.1, 0.15) is 20.1 Å². The van der Waals surface area contributed by atoms with Gasteiger partial charge in [-0.05, 0) is 37.6 Å². The summed E-state index contributed by atoms with van der Waals surface area (Å²) in [6.07, 6.45) is 6.40.